The van der Waals surface area contributed by atoms with Gasteiger partial charge in [-0.1, -0.05) is 46.6 Å². The number of hydrogen-bond acceptors (Lipinski definition) is 5. The molecule has 8 nitrogen and oxygen atoms in total. The van der Waals surface area contributed by atoms with E-state index < -0.39 is 40.6 Å². The molecule has 2 N–H and O–H groups in total. The molecule has 3 aliphatic heterocycles. The van der Waals surface area contributed by atoms with Crippen molar-refractivity contribution in [3.05, 3.63) is 12.7 Å². The van der Waals surface area contributed by atoms with Crippen LogP contribution in [-0.4, -0.2) is 80.3 Å². The van der Waals surface area contributed by atoms with Crippen molar-refractivity contribution in [2.75, 3.05) is 19.7 Å². The minimum Gasteiger partial charge on any atom is -0.481 e. The molecule has 0 saturated carbocycles. The number of carboxylic acid groups (broad SMARTS) is 1. The Morgan fingerprint density at radius 3 is 2.35 bits per heavy atom. The zero-order valence-corrected chi connectivity index (χ0v) is 23.9. The number of carbonyl (C=O) groups excluding carboxylic acids is 2. The summed E-state index contributed by atoms with van der Waals surface area (Å²) in [5.74, 6) is -3.49. The van der Waals surface area contributed by atoms with E-state index in [2.05, 4.69) is 27.4 Å². The molecule has 1 spiro atoms. The van der Waals surface area contributed by atoms with Gasteiger partial charge in [-0.25, -0.2) is 0 Å². The summed E-state index contributed by atoms with van der Waals surface area (Å²) in [7, 11) is 0. The van der Waals surface area contributed by atoms with Crippen LogP contribution in [0, 0.1) is 23.2 Å². The van der Waals surface area contributed by atoms with E-state index in [1.165, 1.54) is 0 Å². The molecule has 3 heterocycles. The summed E-state index contributed by atoms with van der Waals surface area (Å²) in [5, 5.41) is 19.3. The monoisotopic (exact) mass is 520 g/mol. The van der Waals surface area contributed by atoms with Gasteiger partial charge in [-0.05, 0) is 57.8 Å². The number of nitrogens with zero attached hydrogens (tertiary/aromatic N) is 2. The van der Waals surface area contributed by atoms with E-state index in [9.17, 15) is 19.5 Å². The highest BCUT2D eigenvalue weighted by atomic mass is 16.5. The van der Waals surface area contributed by atoms with E-state index >= 15 is 0 Å². The van der Waals surface area contributed by atoms with E-state index in [1.54, 1.807) is 17.9 Å². The lowest BCUT2D eigenvalue weighted by molar-refractivity contribution is -0.159. The number of hydrogen-bond donors (Lipinski definition) is 2. The van der Waals surface area contributed by atoms with E-state index in [0.29, 0.717) is 32.4 Å². The summed E-state index contributed by atoms with van der Waals surface area (Å²) >= 11 is 0. The molecule has 0 aromatic carbocycles. The van der Waals surface area contributed by atoms with Crippen LogP contribution in [0.5, 0.6) is 0 Å². The molecule has 2 amide bonds. The average Bonchev–Trinajstić information content (AvgIpc) is 3.26. The fourth-order valence-electron chi connectivity index (χ4n) is 7.69. The third-order valence-corrected chi connectivity index (χ3v) is 8.89. The topological polar surface area (TPSA) is 107 Å². The number of aliphatic hydroxyl groups is 1. The normalized spacial score (nSPS) is 33.1. The molecule has 37 heavy (non-hydrogen) atoms. The predicted molar refractivity (Wildman–Crippen MR) is 142 cm³/mol. The number of aliphatic carboxylic acids is 1. The molecule has 8 heteroatoms. The third kappa shape index (κ3) is 5.08. The van der Waals surface area contributed by atoms with Gasteiger partial charge in [0.2, 0.25) is 11.8 Å². The number of amides is 2. The van der Waals surface area contributed by atoms with Crippen molar-refractivity contribution >= 4 is 17.8 Å². The van der Waals surface area contributed by atoms with Crippen LogP contribution in [-0.2, 0) is 19.1 Å². The number of rotatable bonds is 12. The lowest BCUT2D eigenvalue weighted by atomic mass is 9.62. The maximum atomic E-state index is 14.6. The summed E-state index contributed by atoms with van der Waals surface area (Å²) in [6, 6.07) is -0.879. The van der Waals surface area contributed by atoms with Gasteiger partial charge < -0.3 is 24.7 Å². The van der Waals surface area contributed by atoms with Crippen molar-refractivity contribution in [2.45, 2.75) is 110 Å². The molecule has 0 radical (unpaired) electrons. The van der Waals surface area contributed by atoms with Crippen LogP contribution < -0.4 is 0 Å². The standard InChI is InChI=1S/C29H48N2O6/c1-9-14-31(27(6,7)18-26(3,4)5)24(34)22-29-17-19(2)28(8,37-29)21(25(35)36)20(29)23(33)30(22)15-12-10-11-13-16-32/h9,19-22,32H,1,10-18H2,2-8H3,(H,35,36)/t19?,20-,21+,22?,28-,29?/m0/s1. The van der Waals surface area contributed by atoms with Gasteiger partial charge in [-0.2, -0.15) is 0 Å². The lowest BCUT2D eigenvalue weighted by Crippen LogP contribution is -2.61. The second kappa shape index (κ2) is 10.3. The smallest absolute Gasteiger partial charge is 0.310 e. The van der Waals surface area contributed by atoms with Crippen LogP contribution in [0.1, 0.15) is 87.0 Å². The highest BCUT2D eigenvalue weighted by Gasteiger charge is 2.80. The summed E-state index contributed by atoms with van der Waals surface area (Å²) in [4.78, 5) is 44.5. The summed E-state index contributed by atoms with van der Waals surface area (Å²) in [5.41, 5.74) is -2.72. The van der Waals surface area contributed by atoms with Crippen molar-refractivity contribution < 1.29 is 29.3 Å². The largest absolute Gasteiger partial charge is 0.481 e. The molecule has 3 fully saturated rings. The summed E-state index contributed by atoms with van der Waals surface area (Å²) in [6.07, 6.45) is 5.94. The van der Waals surface area contributed by atoms with Gasteiger partial charge in [0.05, 0.1) is 11.5 Å². The first-order valence-corrected chi connectivity index (χ1v) is 13.8. The minimum atomic E-state index is -1.16. The van der Waals surface area contributed by atoms with Gasteiger partial charge >= 0.3 is 5.97 Å². The Labute approximate surface area is 222 Å². The van der Waals surface area contributed by atoms with Crippen LogP contribution in [0.3, 0.4) is 0 Å². The van der Waals surface area contributed by atoms with Gasteiger partial charge in [0.1, 0.15) is 17.6 Å². The highest BCUT2D eigenvalue weighted by molar-refractivity contribution is 5.98. The molecule has 3 saturated heterocycles. The maximum absolute atomic E-state index is 14.6. The maximum Gasteiger partial charge on any atom is 0.310 e. The Morgan fingerprint density at radius 2 is 1.81 bits per heavy atom. The average molecular weight is 521 g/mol. The van der Waals surface area contributed by atoms with E-state index in [4.69, 9.17) is 9.84 Å². The Bertz CT molecular complexity index is 911. The molecule has 6 atom stereocenters. The second-order valence-corrected chi connectivity index (χ2v) is 13.5. The van der Waals surface area contributed by atoms with Gasteiger partial charge in [-0.15, -0.1) is 6.58 Å². The zero-order valence-electron chi connectivity index (χ0n) is 23.9. The van der Waals surface area contributed by atoms with Gasteiger partial charge in [0.25, 0.3) is 0 Å². The molecule has 2 bridgehead atoms. The number of unbranched alkanes of at least 4 members (excludes halogenated alkanes) is 3. The first kappa shape index (κ1) is 29.6. The van der Waals surface area contributed by atoms with Crippen LogP contribution in [0.15, 0.2) is 12.7 Å². The number of likely N-dealkylation sites (tertiary alicyclic amines) is 1. The first-order valence-electron chi connectivity index (χ1n) is 13.8. The Balaban J connectivity index is 2.06. The fraction of sp³-hybridized carbons (Fsp3) is 0.828. The predicted octanol–water partition coefficient (Wildman–Crippen LogP) is 3.86. The molecule has 3 aliphatic rings. The fourth-order valence-corrected chi connectivity index (χ4v) is 7.69. The lowest BCUT2D eigenvalue weighted by Gasteiger charge is -2.45. The molecule has 210 valence electrons. The quantitative estimate of drug-likeness (QED) is 0.299. The van der Waals surface area contributed by atoms with Crippen molar-refractivity contribution in [3.8, 4) is 0 Å². The zero-order chi connectivity index (χ0) is 28.0. The van der Waals surface area contributed by atoms with E-state index in [1.807, 2.05) is 25.7 Å². The molecular formula is C29H48N2O6. The van der Waals surface area contributed by atoms with Crippen LogP contribution in [0.2, 0.25) is 0 Å². The number of ether oxygens (including phenoxy) is 1. The molecule has 0 aromatic heterocycles. The Kier molecular flexibility index (Phi) is 8.27. The van der Waals surface area contributed by atoms with Gasteiger partial charge in [0, 0.05) is 25.2 Å². The number of aliphatic hydroxyl groups excluding tert-OH is 1. The third-order valence-electron chi connectivity index (χ3n) is 8.89. The minimum absolute atomic E-state index is 0.0411. The first-order chi connectivity index (χ1) is 17.1. The van der Waals surface area contributed by atoms with Gasteiger partial charge in [-0.3, -0.25) is 14.4 Å². The second-order valence-electron chi connectivity index (χ2n) is 13.5. The molecule has 3 rings (SSSR count). The SMILES string of the molecule is C=CCN(C(=O)C1N(CCCCCCO)C(=O)[C@@H]2[C@H](C(=O)O)[C@@]3(C)OC12CC3C)C(C)(C)CC(C)(C)C. The van der Waals surface area contributed by atoms with Crippen molar-refractivity contribution in [1.29, 1.82) is 0 Å². The van der Waals surface area contributed by atoms with Gasteiger partial charge in [0.15, 0.2) is 0 Å². The van der Waals surface area contributed by atoms with E-state index in [0.717, 1.165) is 19.3 Å². The molecule has 0 aromatic rings. The number of carbonyl (C=O) groups is 3. The molecule has 0 aliphatic carbocycles. The summed E-state index contributed by atoms with van der Waals surface area (Å²) in [6.45, 7) is 19.0. The Hall–Kier alpha value is -1.93. The van der Waals surface area contributed by atoms with Crippen molar-refractivity contribution in [3.63, 3.8) is 0 Å². The molecule has 3 unspecified atom stereocenters. The van der Waals surface area contributed by atoms with Crippen molar-refractivity contribution in [2.24, 2.45) is 23.2 Å². The molecular weight excluding hydrogens is 472 g/mol. The number of carboxylic acids is 1. The van der Waals surface area contributed by atoms with Crippen LogP contribution >= 0.6 is 0 Å². The Morgan fingerprint density at radius 1 is 1.19 bits per heavy atom. The van der Waals surface area contributed by atoms with Crippen LogP contribution in [0.4, 0.5) is 0 Å². The van der Waals surface area contributed by atoms with E-state index in [-0.39, 0.29) is 29.8 Å². The number of fused-ring (bicyclic) bond motifs is 1. The summed E-state index contributed by atoms with van der Waals surface area (Å²) < 4.78 is 6.63. The van der Waals surface area contributed by atoms with Crippen molar-refractivity contribution in [1.82, 2.24) is 9.80 Å². The van der Waals surface area contributed by atoms with Crippen LogP contribution in [0.25, 0.3) is 0 Å². The highest BCUT2D eigenvalue weighted by Crippen LogP contribution is 2.65.